The lowest BCUT2D eigenvalue weighted by Gasteiger charge is -2.37. The minimum Gasteiger partial charge on any atom is -0.457 e. The van der Waals surface area contributed by atoms with Gasteiger partial charge in [-0.25, -0.2) is 0 Å². The van der Waals surface area contributed by atoms with Gasteiger partial charge in [0.2, 0.25) is 11.8 Å². The van der Waals surface area contributed by atoms with Crippen LogP contribution in [0.5, 0.6) is 0 Å². The third-order valence-electron chi connectivity index (χ3n) is 7.03. The number of esters is 1. The van der Waals surface area contributed by atoms with E-state index in [1.807, 2.05) is 19.1 Å². The van der Waals surface area contributed by atoms with E-state index >= 15 is 0 Å². The fourth-order valence-electron chi connectivity index (χ4n) is 5.48. The number of nitrogens with zero attached hydrogens (tertiary/aromatic N) is 1. The number of rotatable bonds is 6. The highest BCUT2D eigenvalue weighted by Gasteiger charge is 2.66. The van der Waals surface area contributed by atoms with E-state index < -0.39 is 5.97 Å². The van der Waals surface area contributed by atoms with Crippen LogP contribution in [0.4, 0.5) is 0 Å². The molecule has 0 unspecified atom stereocenters. The fraction of sp³-hybridized carbons (Fsp3) is 0.478. The number of Topliss-reactive ketones (excluding diaryl/α,β-unsaturated/α-hetero) is 1. The Labute approximate surface area is 168 Å². The van der Waals surface area contributed by atoms with Crippen molar-refractivity contribution in [3.8, 4) is 0 Å². The second kappa shape index (κ2) is 6.65. The number of aryl methyl sites for hydroxylation is 1. The third-order valence-corrected chi connectivity index (χ3v) is 7.03. The predicted molar refractivity (Wildman–Crippen MR) is 103 cm³/mol. The summed E-state index contributed by atoms with van der Waals surface area (Å²) in [7, 11) is 0. The highest BCUT2D eigenvalue weighted by molar-refractivity contribution is 6.06. The van der Waals surface area contributed by atoms with Crippen LogP contribution in [-0.4, -0.2) is 41.6 Å². The summed E-state index contributed by atoms with van der Waals surface area (Å²) in [4.78, 5) is 51.2. The van der Waals surface area contributed by atoms with E-state index in [2.05, 4.69) is 12.2 Å². The van der Waals surface area contributed by atoms with E-state index in [0.29, 0.717) is 17.4 Å². The van der Waals surface area contributed by atoms with Gasteiger partial charge in [-0.05, 0) is 37.0 Å². The van der Waals surface area contributed by atoms with Gasteiger partial charge in [-0.2, -0.15) is 0 Å². The quantitative estimate of drug-likeness (QED) is 0.320. The van der Waals surface area contributed by atoms with E-state index in [-0.39, 0.29) is 60.8 Å². The zero-order valence-electron chi connectivity index (χ0n) is 16.2. The highest BCUT2D eigenvalue weighted by Crippen LogP contribution is 2.65. The molecular formula is C23H23NO5. The first-order chi connectivity index (χ1) is 14.0. The molecule has 2 saturated carbocycles. The summed E-state index contributed by atoms with van der Waals surface area (Å²) < 4.78 is 5.07. The van der Waals surface area contributed by atoms with Crippen LogP contribution in [0.2, 0.25) is 0 Å². The van der Waals surface area contributed by atoms with Crippen molar-refractivity contribution >= 4 is 23.6 Å². The lowest BCUT2D eigenvalue weighted by Crippen LogP contribution is -2.40. The molecule has 0 aromatic heterocycles. The maximum atomic E-state index is 12.9. The summed E-state index contributed by atoms with van der Waals surface area (Å²) in [5.74, 6) is -0.181. The Bertz CT molecular complexity index is 897. The predicted octanol–water partition coefficient (Wildman–Crippen LogP) is 2.16. The molecule has 6 atom stereocenters. The lowest BCUT2D eigenvalue weighted by atomic mass is 9.63. The Morgan fingerprint density at radius 2 is 1.59 bits per heavy atom. The molecule has 3 fully saturated rings. The fourth-order valence-corrected chi connectivity index (χ4v) is 5.48. The summed E-state index contributed by atoms with van der Waals surface area (Å²) in [6.45, 7) is 1.61. The van der Waals surface area contributed by atoms with Crippen LogP contribution < -0.4 is 0 Å². The molecule has 1 aromatic carbocycles. The maximum absolute atomic E-state index is 12.9. The first-order valence-electron chi connectivity index (χ1n) is 10.2. The van der Waals surface area contributed by atoms with Crippen LogP contribution in [0.25, 0.3) is 0 Å². The standard InChI is InChI=1S/C23H23NO5/c1-12-2-4-13(5-3-12)18(25)11-29-19(26)8-9-24-22(27)20-14-6-7-15(17-10-16(14)17)21(20)23(24)28/h2-7,14-17,20-21H,8-11H2,1H3/t14-,15-,16-,17-,20+,21+/m0/s1. The molecule has 1 aliphatic heterocycles. The monoisotopic (exact) mass is 393 g/mol. The average Bonchev–Trinajstić information content (AvgIpc) is 3.50. The van der Waals surface area contributed by atoms with Gasteiger partial charge in [-0.3, -0.25) is 24.1 Å². The normalized spacial score (nSPS) is 33.5. The Hall–Kier alpha value is -2.76. The van der Waals surface area contributed by atoms with E-state index in [0.717, 1.165) is 12.0 Å². The number of allylic oxidation sites excluding steroid dienone is 2. The molecule has 6 rings (SSSR count). The summed E-state index contributed by atoms with van der Waals surface area (Å²) in [5, 5.41) is 0. The minimum absolute atomic E-state index is 0.0248. The molecule has 5 aliphatic rings. The number of ketones is 1. The largest absolute Gasteiger partial charge is 0.457 e. The lowest BCUT2D eigenvalue weighted by molar-refractivity contribution is -0.145. The Kier molecular flexibility index (Phi) is 4.19. The number of carbonyl (C=O) groups is 4. The molecule has 4 aliphatic carbocycles. The van der Waals surface area contributed by atoms with Crippen molar-refractivity contribution in [2.45, 2.75) is 19.8 Å². The minimum atomic E-state index is -0.579. The van der Waals surface area contributed by atoms with E-state index in [1.54, 1.807) is 12.1 Å². The molecule has 2 amide bonds. The van der Waals surface area contributed by atoms with Gasteiger partial charge < -0.3 is 4.74 Å². The average molecular weight is 393 g/mol. The Morgan fingerprint density at radius 1 is 1.00 bits per heavy atom. The molecule has 0 spiro atoms. The maximum Gasteiger partial charge on any atom is 0.308 e. The number of likely N-dealkylation sites (tertiary alicyclic amines) is 1. The molecule has 0 radical (unpaired) electrons. The summed E-state index contributed by atoms with van der Waals surface area (Å²) in [6.07, 6.45) is 5.28. The van der Waals surface area contributed by atoms with Crippen molar-refractivity contribution in [2.24, 2.45) is 35.5 Å². The summed E-state index contributed by atoms with van der Waals surface area (Å²) in [6, 6.07) is 7.04. The van der Waals surface area contributed by atoms with Crippen LogP contribution >= 0.6 is 0 Å². The molecule has 150 valence electrons. The molecule has 6 nitrogen and oxygen atoms in total. The summed E-state index contributed by atoms with van der Waals surface area (Å²) in [5.41, 5.74) is 1.53. The van der Waals surface area contributed by atoms with Crippen LogP contribution in [0.15, 0.2) is 36.4 Å². The SMILES string of the molecule is Cc1ccc(C(=O)COC(=O)CCN2C(=O)[C@@H]3[C@H]4C=C[C@@H]([C@@H]5C[C@@H]45)[C@H]3C2=O)cc1. The Morgan fingerprint density at radius 3 is 2.17 bits per heavy atom. The van der Waals surface area contributed by atoms with E-state index in [9.17, 15) is 19.2 Å². The van der Waals surface area contributed by atoms with Crippen LogP contribution in [0, 0.1) is 42.4 Å². The van der Waals surface area contributed by atoms with Gasteiger partial charge in [0.15, 0.2) is 12.4 Å². The number of imide groups is 1. The molecule has 1 heterocycles. The molecule has 0 N–H and O–H groups in total. The number of hydrogen-bond acceptors (Lipinski definition) is 5. The van der Waals surface area contributed by atoms with Gasteiger partial charge in [-0.1, -0.05) is 42.0 Å². The van der Waals surface area contributed by atoms with Crippen molar-refractivity contribution in [3.05, 3.63) is 47.5 Å². The van der Waals surface area contributed by atoms with Gasteiger partial charge in [0.1, 0.15) is 0 Å². The molecule has 29 heavy (non-hydrogen) atoms. The van der Waals surface area contributed by atoms with Crippen molar-refractivity contribution in [1.29, 1.82) is 0 Å². The molecule has 1 aromatic rings. The molecule has 2 bridgehead atoms. The number of benzene rings is 1. The van der Waals surface area contributed by atoms with Crippen molar-refractivity contribution in [2.75, 3.05) is 13.2 Å². The molecule has 6 heteroatoms. The van der Waals surface area contributed by atoms with E-state index in [4.69, 9.17) is 4.74 Å². The highest BCUT2D eigenvalue weighted by atomic mass is 16.5. The van der Waals surface area contributed by atoms with E-state index in [1.165, 1.54) is 4.90 Å². The van der Waals surface area contributed by atoms with Gasteiger partial charge in [0.25, 0.3) is 0 Å². The number of amides is 2. The second-order valence-corrected chi connectivity index (χ2v) is 8.68. The topological polar surface area (TPSA) is 80.8 Å². The van der Waals surface area contributed by atoms with Crippen LogP contribution in [0.3, 0.4) is 0 Å². The number of ether oxygens (including phenoxy) is 1. The van der Waals surface area contributed by atoms with Crippen LogP contribution in [0.1, 0.15) is 28.8 Å². The molecule has 1 saturated heterocycles. The van der Waals surface area contributed by atoms with Gasteiger partial charge >= 0.3 is 5.97 Å². The first kappa shape index (κ1) is 18.3. The zero-order chi connectivity index (χ0) is 20.3. The Balaban J connectivity index is 1.15. The molecular weight excluding hydrogens is 370 g/mol. The van der Waals surface area contributed by atoms with Crippen molar-refractivity contribution < 1.29 is 23.9 Å². The van der Waals surface area contributed by atoms with Gasteiger partial charge in [-0.15, -0.1) is 0 Å². The second-order valence-electron chi connectivity index (χ2n) is 8.68. The third kappa shape index (κ3) is 2.93. The van der Waals surface area contributed by atoms with Crippen molar-refractivity contribution in [1.82, 2.24) is 4.90 Å². The van der Waals surface area contributed by atoms with Gasteiger partial charge in [0, 0.05) is 12.1 Å². The van der Waals surface area contributed by atoms with Gasteiger partial charge in [0.05, 0.1) is 18.3 Å². The van der Waals surface area contributed by atoms with Crippen LogP contribution in [-0.2, 0) is 19.1 Å². The zero-order valence-corrected chi connectivity index (χ0v) is 16.2. The number of hydrogen-bond donors (Lipinski definition) is 0. The number of carbonyl (C=O) groups excluding carboxylic acids is 4. The first-order valence-corrected chi connectivity index (χ1v) is 10.2. The smallest absolute Gasteiger partial charge is 0.308 e. The van der Waals surface area contributed by atoms with Crippen molar-refractivity contribution in [3.63, 3.8) is 0 Å². The summed E-state index contributed by atoms with van der Waals surface area (Å²) >= 11 is 0.